The summed E-state index contributed by atoms with van der Waals surface area (Å²) >= 11 is 12.4. The van der Waals surface area contributed by atoms with Gasteiger partial charge in [-0.3, -0.25) is 9.59 Å². The van der Waals surface area contributed by atoms with Crippen LogP contribution < -0.4 is 11.1 Å². The van der Waals surface area contributed by atoms with E-state index in [-0.39, 0.29) is 38.5 Å². The summed E-state index contributed by atoms with van der Waals surface area (Å²) in [6, 6.07) is 9.27. The van der Waals surface area contributed by atoms with Gasteiger partial charge in [-0.05, 0) is 62.2 Å². The minimum atomic E-state index is -3.83. The molecule has 38 heavy (non-hydrogen) atoms. The van der Waals surface area contributed by atoms with E-state index in [0.717, 1.165) is 6.42 Å². The zero-order valence-electron chi connectivity index (χ0n) is 20.8. The number of fused-ring (bicyclic) bond motifs is 1. The Morgan fingerprint density at radius 2 is 1.89 bits per heavy atom. The van der Waals surface area contributed by atoms with Gasteiger partial charge in [0.05, 0.1) is 21.8 Å². The third-order valence-corrected chi connectivity index (χ3v) is 9.37. The topological polar surface area (TPSA) is 125 Å². The van der Waals surface area contributed by atoms with Crippen molar-refractivity contribution >= 4 is 62.2 Å². The third kappa shape index (κ3) is 4.75. The number of halogens is 2. The summed E-state index contributed by atoms with van der Waals surface area (Å²) in [5.74, 6) is -0.851. The molecule has 8 nitrogen and oxygen atoms in total. The maximum absolute atomic E-state index is 13.3. The molecule has 1 saturated heterocycles. The monoisotopic (exact) mass is 572 g/mol. The number of carbonyl (C=O) groups is 2. The molecule has 3 aromatic rings. The number of aryl methyl sites for hydroxylation is 1. The lowest BCUT2D eigenvalue weighted by Gasteiger charge is -2.16. The van der Waals surface area contributed by atoms with Crippen molar-refractivity contribution in [1.29, 1.82) is 0 Å². The standard InChI is InChI=1S/C27H26Cl2N4O4S/c1-14-24(31-15(2)25(14)27(35)33-9-8-16(30)12-33)11-19-18-10-17(6-7-23(18)32-26(19)34)38(36,37)13-20-21(28)4-3-5-22(20)29/h3-7,10-11,16,31H,8-9,12-13,30H2,1-2H3,(H,32,34)/t16-/m0/s1. The summed E-state index contributed by atoms with van der Waals surface area (Å²) in [7, 11) is -3.83. The first kappa shape index (κ1) is 26.5. The van der Waals surface area contributed by atoms with Crippen LogP contribution in [-0.2, 0) is 20.4 Å². The van der Waals surface area contributed by atoms with Crippen molar-refractivity contribution in [3.05, 3.63) is 80.1 Å². The van der Waals surface area contributed by atoms with Crippen LogP contribution >= 0.6 is 23.2 Å². The van der Waals surface area contributed by atoms with Crippen LogP contribution in [0.2, 0.25) is 10.0 Å². The average molecular weight is 574 g/mol. The molecule has 5 rings (SSSR count). The van der Waals surface area contributed by atoms with Gasteiger partial charge in [-0.25, -0.2) is 8.42 Å². The quantitative estimate of drug-likeness (QED) is 0.386. The minimum Gasteiger partial charge on any atom is -0.358 e. The Balaban J connectivity index is 1.50. The third-order valence-electron chi connectivity index (χ3n) is 7.02. The van der Waals surface area contributed by atoms with Crippen LogP contribution in [0, 0.1) is 13.8 Å². The Morgan fingerprint density at radius 1 is 1.18 bits per heavy atom. The molecule has 198 valence electrons. The number of nitrogens with zero attached hydrogens (tertiary/aromatic N) is 1. The highest BCUT2D eigenvalue weighted by Gasteiger charge is 2.30. The fourth-order valence-corrected chi connectivity index (χ4v) is 7.08. The summed E-state index contributed by atoms with van der Waals surface area (Å²) in [4.78, 5) is 31.0. The van der Waals surface area contributed by atoms with Gasteiger partial charge in [0.2, 0.25) is 0 Å². The molecule has 2 aliphatic rings. The van der Waals surface area contributed by atoms with Gasteiger partial charge in [-0.15, -0.1) is 0 Å². The lowest BCUT2D eigenvalue weighted by atomic mass is 10.0. The molecular formula is C27H26Cl2N4O4S. The Bertz CT molecular complexity index is 1610. The number of benzene rings is 2. The van der Waals surface area contributed by atoms with Crippen molar-refractivity contribution in [2.45, 2.75) is 37.0 Å². The number of carbonyl (C=O) groups excluding carboxylic acids is 2. The number of amides is 2. The molecule has 0 saturated carbocycles. The lowest BCUT2D eigenvalue weighted by Crippen LogP contribution is -2.32. The van der Waals surface area contributed by atoms with Crippen molar-refractivity contribution < 1.29 is 18.0 Å². The first-order valence-corrected chi connectivity index (χ1v) is 14.4. The van der Waals surface area contributed by atoms with Crippen LogP contribution in [0.3, 0.4) is 0 Å². The number of H-pyrrole nitrogens is 1. The molecular weight excluding hydrogens is 547 g/mol. The van der Waals surface area contributed by atoms with Crippen LogP contribution in [0.1, 0.15) is 44.9 Å². The number of rotatable bonds is 5. The van der Waals surface area contributed by atoms with Crippen LogP contribution in [0.15, 0.2) is 41.3 Å². The average Bonchev–Trinajstić information content (AvgIpc) is 3.51. The highest BCUT2D eigenvalue weighted by molar-refractivity contribution is 7.90. The Morgan fingerprint density at radius 3 is 2.55 bits per heavy atom. The number of nitrogens with two attached hydrogens (primary N) is 1. The fraction of sp³-hybridized carbons (Fsp3) is 0.259. The molecule has 1 aromatic heterocycles. The largest absolute Gasteiger partial charge is 0.358 e. The molecule has 1 atom stereocenters. The van der Waals surface area contributed by atoms with Gasteiger partial charge < -0.3 is 20.9 Å². The van der Waals surface area contributed by atoms with Crippen molar-refractivity contribution in [3.63, 3.8) is 0 Å². The summed E-state index contributed by atoms with van der Waals surface area (Å²) in [6.45, 7) is 4.74. The molecule has 0 spiro atoms. The Hall–Kier alpha value is -3.11. The van der Waals surface area contributed by atoms with Gasteiger partial charge in [0.25, 0.3) is 11.8 Å². The van der Waals surface area contributed by atoms with E-state index in [1.807, 2.05) is 13.8 Å². The number of sulfone groups is 1. The lowest BCUT2D eigenvalue weighted by molar-refractivity contribution is -0.110. The predicted octanol–water partition coefficient (Wildman–Crippen LogP) is 4.58. The van der Waals surface area contributed by atoms with Crippen LogP contribution in [0.4, 0.5) is 5.69 Å². The first-order valence-electron chi connectivity index (χ1n) is 12.0. The maximum atomic E-state index is 13.3. The number of nitrogens with one attached hydrogen (secondary N) is 2. The van der Waals surface area contributed by atoms with E-state index in [1.165, 1.54) is 12.1 Å². The smallest absolute Gasteiger partial charge is 0.256 e. The summed E-state index contributed by atoms with van der Waals surface area (Å²) in [5.41, 5.74) is 10.1. The van der Waals surface area contributed by atoms with Gasteiger partial charge in [-0.1, -0.05) is 29.3 Å². The Labute approximate surface area is 230 Å². The summed E-state index contributed by atoms with van der Waals surface area (Å²) in [6.07, 6.45) is 2.41. The molecule has 0 bridgehead atoms. The molecule has 2 amide bonds. The summed E-state index contributed by atoms with van der Waals surface area (Å²) in [5, 5.41) is 3.31. The van der Waals surface area contributed by atoms with E-state index in [0.29, 0.717) is 58.0 Å². The molecule has 1 fully saturated rings. The van der Waals surface area contributed by atoms with Crippen LogP contribution in [0.25, 0.3) is 11.6 Å². The number of likely N-dealkylation sites (tertiary alicyclic amines) is 1. The molecule has 0 aliphatic carbocycles. The van der Waals surface area contributed by atoms with E-state index in [1.54, 1.807) is 35.2 Å². The van der Waals surface area contributed by atoms with Gasteiger partial charge in [0, 0.05) is 57.4 Å². The van der Waals surface area contributed by atoms with Gasteiger partial charge >= 0.3 is 0 Å². The zero-order chi connectivity index (χ0) is 27.4. The maximum Gasteiger partial charge on any atom is 0.256 e. The number of aromatic nitrogens is 1. The number of hydrogen-bond donors (Lipinski definition) is 3. The second kappa shape index (κ2) is 9.89. The molecule has 0 unspecified atom stereocenters. The Kier molecular flexibility index (Phi) is 6.89. The van der Waals surface area contributed by atoms with Crippen molar-refractivity contribution in [1.82, 2.24) is 9.88 Å². The predicted molar refractivity (Wildman–Crippen MR) is 149 cm³/mol. The molecule has 0 radical (unpaired) electrons. The number of aromatic amines is 1. The fourth-order valence-electron chi connectivity index (χ4n) is 4.96. The summed E-state index contributed by atoms with van der Waals surface area (Å²) < 4.78 is 26.6. The first-order chi connectivity index (χ1) is 18.0. The zero-order valence-corrected chi connectivity index (χ0v) is 23.1. The molecule has 2 aromatic carbocycles. The van der Waals surface area contributed by atoms with E-state index in [2.05, 4.69) is 10.3 Å². The second-order valence-corrected chi connectivity index (χ2v) is 12.4. The number of anilines is 1. The van der Waals surface area contributed by atoms with Crippen molar-refractivity contribution in [2.24, 2.45) is 5.73 Å². The van der Waals surface area contributed by atoms with Gasteiger partial charge in [0.1, 0.15) is 0 Å². The highest BCUT2D eigenvalue weighted by Crippen LogP contribution is 2.37. The molecule has 11 heteroatoms. The minimum absolute atomic E-state index is 0.0294. The highest BCUT2D eigenvalue weighted by atomic mass is 35.5. The van der Waals surface area contributed by atoms with Gasteiger partial charge in [0.15, 0.2) is 9.84 Å². The van der Waals surface area contributed by atoms with E-state index in [9.17, 15) is 18.0 Å². The van der Waals surface area contributed by atoms with Gasteiger partial charge in [-0.2, -0.15) is 0 Å². The van der Waals surface area contributed by atoms with Crippen molar-refractivity contribution in [2.75, 3.05) is 18.4 Å². The van der Waals surface area contributed by atoms with Crippen molar-refractivity contribution in [3.8, 4) is 0 Å². The second-order valence-electron chi connectivity index (χ2n) is 9.64. The SMILES string of the molecule is Cc1[nH]c(C=C2C(=O)Nc3ccc(S(=O)(=O)Cc4c(Cl)cccc4Cl)cc32)c(C)c1C(=O)N1CC[C@H](N)C1. The molecule has 2 aliphatic heterocycles. The van der Waals surface area contributed by atoms with Crippen LogP contribution in [0.5, 0.6) is 0 Å². The number of hydrogen-bond acceptors (Lipinski definition) is 5. The normalized spacial score (nSPS) is 18.2. The van der Waals surface area contributed by atoms with E-state index in [4.69, 9.17) is 28.9 Å². The van der Waals surface area contributed by atoms with E-state index < -0.39 is 9.84 Å². The molecule has 3 heterocycles. The van der Waals surface area contributed by atoms with Crippen LogP contribution in [-0.4, -0.2) is 49.2 Å². The van der Waals surface area contributed by atoms with E-state index >= 15 is 0 Å². The molecule has 4 N–H and O–H groups in total.